The van der Waals surface area contributed by atoms with Crippen molar-refractivity contribution in [3.8, 4) is 11.3 Å². The van der Waals surface area contributed by atoms with Gasteiger partial charge >= 0.3 is 0 Å². The van der Waals surface area contributed by atoms with E-state index in [-0.39, 0.29) is 11.9 Å². The van der Waals surface area contributed by atoms with E-state index >= 15 is 0 Å². The largest absolute Gasteiger partial charge is 0.367 e. The van der Waals surface area contributed by atoms with E-state index in [9.17, 15) is 4.79 Å². The zero-order chi connectivity index (χ0) is 24.5. The quantitative estimate of drug-likeness (QED) is 0.326. The van der Waals surface area contributed by atoms with E-state index < -0.39 is 0 Å². The van der Waals surface area contributed by atoms with Crippen molar-refractivity contribution in [3.63, 3.8) is 0 Å². The molecule has 1 saturated heterocycles. The van der Waals surface area contributed by atoms with Gasteiger partial charge in [0.05, 0.1) is 22.8 Å². The minimum Gasteiger partial charge on any atom is -0.367 e. The van der Waals surface area contributed by atoms with E-state index in [0.29, 0.717) is 11.4 Å². The summed E-state index contributed by atoms with van der Waals surface area (Å²) in [4.78, 5) is 19.7. The van der Waals surface area contributed by atoms with Crippen molar-refractivity contribution in [2.24, 2.45) is 0 Å². The molecule has 0 aliphatic carbocycles. The molecule has 6 nitrogen and oxygen atoms in total. The van der Waals surface area contributed by atoms with Gasteiger partial charge in [0.1, 0.15) is 5.82 Å². The monoisotopic (exact) mass is 551 g/mol. The van der Waals surface area contributed by atoms with Gasteiger partial charge in [0.2, 0.25) is 5.91 Å². The van der Waals surface area contributed by atoms with Crippen LogP contribution >= 0.6 is 27.5 Å². The molecule has 8 heteroatoms. The van der Waals surface area contributed by atoms with Crippen LogP contribution in [-0.2, 0) is 11.2 Å². The second-order valence-electron chi connectivity index (χ2n) is 9.13. The van der Waals surface area contributed by atoms with Crippen LogP contribution < -0.4 is 5.32 Å². The number of nitrogens with zero attached hydrogens (tertiary/aromatic N) is 4. The molecule has 1 fully saturated rings. The number of halogens is 2. The zero-order valence-electron chi connectivity index (χ0n) is 19.8. The molecule has 5 rings (SSSR count). The van der Waals surface area contributed by atoms with Gasteiger partial charge < -0.3 is 10.2 Å². The predicted octanol–water partition coefficient (Wildman–Crippen LogP) is 6.07. The fraction of sp³-hybridized carbons (Fsp3) is 0.296. The molecule has 0 spiro atoms. The lowest BCUT2D eigenvalue weighted by molar-refractivity contribution is -0.131. The first-order valence-electron chi connectivity index (χ1n) is 11.8. The summed E-state index contributed by atoms with van der Waals surface area (Å²) in [6.07, 6.45) is 3.89. The van der Waals surface area contributed by atoms with E-state index in [1.807, 2.05) is 46.7 Å². The highest BCUT2D eigenvalue weighted by molar-refractivity contribution is 9.10. The summed E-state index contributed by atoms with van der Waals surface area (Å²) in [6, 6.07) is 16.4. The lowest BCUT2D eigenvalue weighted by Crippen LogP contribution is -2.43. The zero-order valence-corrected chi connectivity index (χ0v) is 22.1. The number of hydrogen-bond donors (Lipinski definition) is 1. The Balaban J connectivity index is 1.29. The number of nitrogens with one attached hydrogen (secondary N) is 1. The normalized spacial score (nSPS) is 14.5. The van der Waals surface area contributed by atoms with Crippen LogP contribution in [0.5, 0.6) is 0 Å². The maximum atomic E-state index is 12.9. The Morgan fingerprint density at radius 2 is 1.89 bits per heavy atom. The van der Waals surface area contributed by atoms with Crippen molar-refractivity contribution in [2.75, 3.05) is 18.4 Å². The highest BCUT2D eigenvalue weighted by Gasteiger charge is 2.24. The highest BCUT2D eigenvalue weighted by atomic mass is 79.9. The molecule has 0 atom stereocenters. The van der Waals surface area contributed by atoms with Gasteiger partial charge in [0.15, 0.2) is 5.65 Å². The summed E-state index contributed by atoms with van der Waals surface area (Å²) in [7, 11) is 0. The SMILES string of the molecule is Cc1ccc(CC(=O)N2CCC(Nc3cc(-c4ccccc4C)nc4c(Br)cnn34)CC2)cc1Cl. The van der Waals surface area contributed by atoms with Crippen LogP contribution in [0.2, 0.25) is 5.02 Å². The summed E-state index contributed by atoms with van der Waals surface area (Å²) >= 11 is 9.82. The molecule has 1 aliphatic heterocycles. The van der Waals surface area contributed by atoms with E-state index in [4.69, 9.17) is 16.6 Å². The minimum absolute atomic E-state index is 0.146. The molecular weight excluding hydrogens is 526 g/mol. The fourth-order valence-electron chi connectivity index (χ4n) is 4.55. The van der Waals surface area contributed by atoms with Crippen molar-refractivity contribution < 1.29 is 4.79 Å². The van der Waals surface area contributed by atoms with E-state index in [0.717, 1.165) is 64.3 Å². The number of likely N-dealkylation sites (tertiary alicyclic amines) is 1. The van der Waals surface area contributed by atoms with Crippen molar-refractivity contribution in [1.82, 2.24) is 19.5 Å². The van der Waals surface area contributed by atoms with E-state index in [2.05, 4.69) is 51.5 Å². The predicted molar refractivity (Wildman–Crippen MR) is 144 cm³/mol. The van der Waals surface area contributed by atoms with Gasteiger partial charge in [-0.15, -0.1) is 0 Å². The molecule has 0 bridgehead atoms. The Kier molecular flexibility index (Phi) is 6.80. The van der Waals surface area contributed by atoms with Crippen LogP contribution in [-0.4, -0.2) is 44.5 Å². The lowest BCUT2D eigenvalue weighted by Gasteiger charge is -2.33. The smallest absolute Gasteiger partial charge is 0.226 e. The second-order valence-corrected chi connectivity index (χ2v) is 10.4. The third-order valence-corrected chi connectivity index (χ3v) is 7.61. The molecule has 1 N–H and O–H groups in total. The molecule has 0 saturated carbocycles. The number of hydrogen-bond acceptors (Lipinski definition) is 4. The first-order chi connectivity index (χ1) is 16.9. The molecule has 1 aliphatic rings. The van der Waals surface area contributed by atoms with Crippen LogP contribution in [0, 0.1) is 13.8 Å². The molecule has 3 heterocycles. The molecule has 4 aromatic rings. The Labute approximate surface area is 218 Å². The molecule has 2 aromatic carbocycles. The number of amides is 1. The van der Waals surface area contributed by atoms with Crippen molar-refractivity contribution in [2.45, 2.75) is 39.2 Å². The van der Waals surface area contributed by atoms with Gasteiger partial charge in [-0.2, -0.15) is 9.61 Å². The van der Waals surface area contributed by atoms with Crippen LogP contribution in [0.1, 0.15) is 29.5 Å². The Bertz CT molecular complexity index is 1390. The fourth-order valence-corrected chi connectivity index (χ4v) is 5.10. The third kappa shape index (κ3) is 5.07. The molecular formula is C27H27BrClN5O. The average molecular weight is 553 g/mol. The number of carbonyl (C=O) groups is 1. The summed E-state index contributed by atoms with van der Waals surface area (Å²) in [5.74, 6) is 1.05. The number of fused-ring (bicyclic) bond motifs is 1. The summed E-state index contributed by atoms with van der Waals surface area (Å²) in [6.45, 7) is 5.50. The van der Waals surface area contributed by atoms with Crippen LogP contribution in [0.25, 0.3) is 16.9 Å². The van der Waals surface area contributed by atoms with Crippen LogP contribution in [0.3, 0.4) is 0 Å². The van der Waals surface area contributed by atoms with Gasteiger partial charge in [0.25, 0.3) is 0 Å². The van der Waals surface area contributed by atoms with Gasteiger partial charge in [-0.1, -0.05) is 48.0 Å². The number of benzene rings is 2. The molecule has 1 amide bonds. The van der Waals surface area contributed by atoms with E-state index in [1.54, 1.807) is 6.20 Å². The topological polar surface area (TPSA) is 62.5 Å². The summed E-state index contributed by atoms with van der Waals surface area (Å²) in [5.41, 5.74) is 5.93. The van der Waals surface area contributed by atoms with Crippen LogP contribution in [0.4, 0.5) is 5.82 Å². The molecule has 35 heavy (non-hydrogen) atoms. The number of piperidine rings is 1. The lowest BCUT2D eigenvalue weighted by atomic mass is 10.0. The van der Waals surface area contributed by atoms with Crippen molar-refractivity contribution in [1.29, 1.82) is 0 Å². The van der Waals surface area contributed by atoms with Gasteiger partial charge in [-0.25, -0.2) is 4.98 Å². The number of anilines is 1. The number of aryl methyl sites for hydroxylation is 2. The maximum Gasteiger partial charge on any atom is 0.226 e. The molecule has 0 unspecified atom stereocenters. The van der Waals surface area contributed by atoms with Gasteiger partial charge in [-0.3, -0.25) is 4.79 Å². The first kappa shape index (κ1) is 23.8. The van der Waals surface area contributed by atoms with Gasteiger partial charge in [-0.05, 0) is 65.4 Å². The number of carbonyl (C=O) groups excluding carboxylic acids is 1. The summed E-state index contributed by atoms with van der Waals surface area (Å²) < 4.78 is 2.69. The molecule has 0 radical (unpaired) electrons. The third-order valence-electron chi connectivity index (χ3n) is 6.64. The Morgan fingerprint density at radius 1 is 1.11 bits per heavy atom. The molecule has 2 aromatic heterocycles. The minimum atomic E-state index is 0.146. The van der Waals surface area contributed by atoms with Crippen molar-refractivity contribution in [3.05, 3.63) is 80.9 Å². The van der Waals surface area contributed by atoms with Crippen molar-refractivity contribution >= 4 is 44.9 Å². The average Bonchev–Trinajstić information content (AvgIpc) is 3.23. The highest BCUT2D eigenvalue weighted by Crippen LogP contribution is 2.29. The maximum absolute atomic E-state index is 12.9. The second kappa shape index (κ2) is 9.99. The number of rotatable bonds is 5. The van der Waals surface area contributed by atoms with Crippen LogP contribution in [0.15, 0.2) is 59.2 Å². The Hall–Kier alpha value is -2.90. The first-order valence-corrected chi connectivity index (χ1v) is 13.0. The number of aromatic nitrogens is 3. The Morgan fingerprint density at radius 3 is 2.63 bits per heavy atom. The van der Waals surface area contributed by atoms with E-state index in [1.165, 1.54) is 5.56 Å². The van der Waals surface area contributed by atoms with Gasteiger partial charge in [0, 0.05) is 35.8 Å². The molecule has 180 valence electrons. The summed E-state index contributed by atoms with van der Waals surface area (Å²) in [5, 5.41) is 8.89. The standard InChI is InChI=1S/C27H27BrClN5O/c1-17-5-3-4-6-21(17)24-15-25(34-27(32-24)22(28)16-30-34)31-20-9-11-33(12-10-20)26(35)14-19-8-7-18(2)23(29)13-19/h3-8,13,15-16,20,31H,9-12,14H2,1-2H3.